The molecule has 2 aromatic rings. The van der Waals surface area contributed by atoms with Crippen molar-refractivity contribution in [3.63, 3.8) is 0 Å². The molecule has 0 aliphatic rings. The van der Waals surface area contributed by atoms with Gasteiger partial charge >= 0.3 is 0 Å². The Balaban J connectivity index is 1.81. The van der Waals surface area contributed by atoms with Gasteiger partial charge in [0.1, 0.15) is 22.2 Å². The van der Waals surface area contributed by atoms with Gasteiger partial charge < -0.3 is 15.0 Å². The Morgan fingerprint density at radius 3 is 2.64 bits per heavy atom. The largest absolute Gasteiger partial charge is 0.486 e. The van der Waals surface area contributed by atoms with E-state index in [4.69, 9.17) is 4.74 Å². The number of para-hydroxylation sites is 1. The van der Waals surface area contributed by atoms with E-state index in [0.717, 1.165) is 42.5 Å². The summed E-state index contributed by atoms with van der Waals surface area (Å²) in [6, 6.07) is 9.62. The zero-order valence-electron chi connectivity index (χ0n) is 15.2. The molecule has 0 atom stereocenters. The lowest BCUT2D eigenvalue weighted by molar-refractivity contribution is 0.0955. The van der Waals surface area contributed by atoms with Crippen molar-refractivity contribution in [1.29, 1.82) is 0 Å². The highest BCUT2D eigenvalue weighted by molar-refractivity contribution is 7.13. The number of thiazole rings is 1. The van der Waals surface area contributed by atoms with E-state index in [1.165, 1.54) is 11.3 Å². The van der Waals surface area contributed by atoms with Crippen LogP contribution in [0.5, 0.6) is 5.75 Å². The minimum atomic E-state index is -0.0412. The number of ether oxygens (including phenoxy) is 1. The standard InChI is InChI=1S/C19H27N3O2S/c1-4-22(5-2)13-9-12-20-19(23)18-15(3)21-17(25-18)14-24-16-10-7-6-8-11-16/h6-8,10-11H,4-5,9,12-14H2,1-3H3,(H,20,23). The summed E-state index contributed by atoms with van der Waals surface area (Å²) in [6.07, 6.45) is 0.954. The van der Waals surface area contributed by atoms with E-state index in [1.54, 1.807) is 0 Å². The molecule has 0 radical (unpaired) electrons. The van der Waals surface area contributed by atoms with E-state index >= 15 is 0 Å². The minimum absolute atomic E-state index is 0.0412. The minimum Gasteiger partial charge on any atom is -0.486 e. The lowest BCUT2D eigenvalue weighted by atomic mass is 10.3. The first kappa shape index (κ1) is 19.4. The molecule has 0 bridgehead atoms. The van der Waals surface area contributed by atoms with Crippen LogP contribution in [0.3, 0.4) is 0 Å². The average molecular weight is 362 g/mol. The molecule has 25 heavy (non-hydrogen) atoms. The van der Waals surface area contributed by atoms with Crippen LogP contribution >= 0.6 is 11.3 Å². The number of aryl methyl sites for hydroxylation is 1. The molecular weight excluding hydrogens is 334 g/mol. The van der Waals surface area contributed by atoms with Crippen LogP contribution in [0, 0.1) is 6.92 Å². The maximum Gasteiger partial charge on any atom is 0.263 e. The van der Waals surface area contributed by atoms with Crippen molar-refractivity contribution in [2.75, 3.05) is 26.2 Å². The average Bonchev–Trinajstić information content (AvgIpc) is 3.01. The first-order valence-electron chi connectivity index (χ1n) is 8.78. The Kier molecular flexibility index (Phi) is 7.88. The Morgan fingerprint density at radius 1 is 1.24 bits per heavy atom. The van der Waals surface area contributed by atoms with Crippen molar-refractivity contribution in [1.82, 2.24) is 15.2 Å². The summed E-state index contributed by atoms with van der Waals surface area (Å²) in [6.45, 7) is 10.3. The first-order valence-corrected chi connectivity index (χ1v) is 9.60. The lowest BCUT2D eigenvalue weighted by Gasteiger charge is -2.17. The second-order valence-electron chi connectivity index (χ2n) is 5.76. The summed E-state index contributed by atoms with van der Waals surface area (Å²) in [7, 11) is 0. The zero-order valence-corrected chi connectivity index (χ0v) is 16.1. The monoisotopic (exact) mass is 361 g/mol. The number of carbonyl (C=O) groups excluding carboxylic acids is 1. The molecule has 6 heteroatoms. The predicted octanol–water partition coefficient (Wildman–Crippen LogP) is 3.49. The number of nitrogens with zero attached hydrogens (tertiary/aromatic N) is 2. The van der Waals surface area contributed by atoms with Crippen LogP contribution in [0.4, 0.5) is 0 Å². The molecule has 1 heterocycles. The number of nitrogens with one attached hydrogen (secondary N) is 1. The number of rotatable bonds is 10. The third-order valence-corrected chi connectivity index (χ3v) is 5.11. The number of hydrogen-bond acceptors (Lipinski definition) is 5. The summed E-state index contributed by atoms with van der Waals surface area (Å²) in [4.78, 5) is 19.8. The van der Waals surface area contributed by atoms with E-state index in [2.05, 4.69) is 29.0 Å². The van der Waals surface area contributed by atoms with Crippen molar-refractivity contribution in [3.8, 4) is 5.75 Å². The highest BCUT2D eigenvalue weighted by Gasteiger charge is 2.15. The number of benzene rings is 1. The molecule has 0 spiro atoms. The molecule has 0 saturated carbocycles. The van der Waals surface area contributed by atoms with E-state index in [9.17, 15) is 4.79 Å². The van der Waals surface area contributed by atoms with E-state index in [-0.39, 0.29) is 5.91 Å². The smallest absolute Gasteiger partial charge is 0.263 e. The molecule has 1 aromatic carbocycles. The maximum absolute atomic E-state index is 12.3. The molecule has 136 valence electrons. The molecule has 5 nitrogen and oxygen atoms in total. The van der Waals surface area contributed by atoms with E-state index in [0.29, 0.717) is 18.0 Å². The quantitative estimate of drug-likeness (QED) is 0.658. The first-order chi connectivity index (χ1) is 12.1. The van der Waals surface area contributed by atoms with Gasteiger partial charge in [-0.2, -0.15) is 0 Å². The zero-order chi connectivity index (χ0) is 18.1. The normalized spacial score (nSPS) is 10.9. The number of aromatic nitrogens is 1. The fraction of sp³-hybridized carbons (Fsp3) is 0.474. The van der Waals surface area contributed by atoms with Gasteiger partial charge in [0.05, 0.1) is 5.69 Å². The van der Waals surface area contributed by atoms with Crippen LogP contribution in [0.25, 0.3) is 0 Å². The van der Waals surface area contributed by atoms with E-state index in [1.807, 2.05) is 37.3 Å². The van der Waals surface area contributed by atoms with Crippen LogP contribution in [0.2, 0.25) is 0 Å². The van der Waals surface area contributed by atoms with Gasteiger partial charge in [0.25, 0.3) is 5.91 Å². The van der Waals surface area contributed by atoms with Gasteiger partial charge in [0.2, 0.25) is 0 Å². The maximum atomic E-state index is 12.3. The predicted molar refractivity (Wildman–Crippen MR) is 102 cm³/mol. The lowest BCUT2D eigenvalue weighted by Crippen LogP contribution is -2.29. The highest BCUT2D eigenvalue weighted by Crippen LogP contribution is 2.20. The number of carbonyl (C=O) groups is 1. The SMILES string of the molecule is CCN(CC)CCCNC(=O)c1sc(COc2ccccc2)nc1C. The fourth-order valence-corrected chi connectivity index (χ4v) is 3.41. The summed E-state index contributed by atoms with van der Waals surface area (Å²) in [5, 5.41) is 3.81. The molecule has 2 rings (SSSR count). The van der Waals surface area contributed by atoms with Gasteiger partial charge in [-0.1, -0.05) is 32.0 Å². The summed E-state index contributed by atoms with van der Waals surface area (Å²) >= 11 is 1.40. The number of hydrogen-bond donors (Lipinski definition) is 1. The topological polar surface area (TPSA) is 54.5 Å². The summed E-state index contributed by atoms with van der Waals surface area (Å²) < 4.78 is 5.70. The molecule has 0 saturated heterocycles. The Labute approximate surface area is 154 Å². The molecule has 0 unspecified atom stereocenters. The third-order valence-electron chi connectivity index (χ3n) is 3.98. The van der Waals surface area contributed by atoms with Crippen molar-refractivity contribution in [3.05, 3.63) is 45.9 Å². The molecule has 1 aromatic heterocycles. The molecule has 0 fully saturated rings. The number of amides is 1. The van der Waals surface area contributed by atoms with Crippen LogP contribution in [-0.4, -0.2) is 42.0 Å². The second kappa shape index (κ2) is 10.2. The highest BCUT2D eigenvalue weighted by atomic mass is 32.1. The van der Waals surface area contributed by atoms with Crippen LogP contribution in [-0.2, 0) is 6.61 Å². The summed E-state index contributed by atoms with van der Waals surface area (Å²) in [5.41, 5.74) is 0.762. The Hall–Kier alpha value is -1.92. The van der Waals surface area contributed by atoms with Gasteiger partial charge in [0.15, 0.2) is 0 Å². The molecule has 1 amide bonds. The van der Waals surface area contributed by atoms with Crippen molar-refractivity contribution in [2.45, 2.75) is 33.8 Å². The molecule has 0 aliphatic heterocycles. The third kappa shape index (κ3) is 6.14. The van der Waals surface area contributed by atoms with Crippen molar-refractivity contribution >= 4 is 17.2 Å². The van der Waals surface area contributed by atoms with Crippen molar-refractivity contribution in [2.24, 2.45) is 0 Å². The van der Waals surface area contributed by atoms with Crippen molar-refractivity contribution < 1.29 is 9.53 Å². The van der Waals surface area contributed by atoms with E-state index < -0.39 is 0 Å². The summed E-state index contributed by atoms with van der Waals surface area (Å²) in [5.74, 6) is 0.762. The van der Waals surface area contributed by atoms with Gasteiger partial charge in [-0.05, 0) is 45.1 Å². The van der Waals surface area contributed by atoms with Gasteiger partial charge in [-0.3, -0.25) is 4.79 Å². The Morgan fingerprint density at radius 2 is 1.96 bits per heavy atom. The Bertz CT molecular complexity index is 654. The van der Waals surface area contributed by atoms with Gasteiger partial charge in [-0.25, -0.2) is 4.98 Å². The fourth-order valence-electron chi connectivity index (χ4n) is 2.51. The second-order valence-corrected chi connectivity index (χ2v) is 6.84. The van der Waals surface area contributed by atoms with Crippen LogP contribution in [0.15, 0.2) is 30.3 Å². The molecule has 0 aliphatic carbocycles. The van der Waals surface area contributed by atoms with Crippen LogP contribution in [0.1, 0.15) is 40.6 Å². The molecular formula is C19H27N3O2S. The van der Waals surface area contributed by atoms with Gasteiger partial charge in [0, 0.05) is 6.54 Å². The van der Waals surface area contributed by atoms with Gasteiger partial charge in [-0.15, -0.1) is 11.3 Å². The van der Waals surface area contributed by atoms with Crippen LogP contribution < -0.4 is 10.1 Å². The molecule has 1 N–H and O–H groups in total.